The lowest BCUT2D eigenvalue weighted by Crippen LogP contribution is -2.54. The molecule has 2 aromatic carbocycles. The second-order valence-corrected chi connectivity index (χ2v) is 9.35. The predicted molar refractivity (Wildman–Crippen MR) is 112 cm³/mol. The normalized spacial score (nSPS) is 17.1. The third-order valence-electron chi connectivity index (χ3n) is 4.97. The molecule has 6 nitrogen and oxygen atoms in total. The first kappa shape index (κ1) is 21.7. The number of hydrogen-bond donors (Lipinski definition) is 1. The van der Waals surface area contributed by atoms with Crippen molar-refractivity contribution in [2.24, 2.45) is 0 Å². The van der Waals surface area contributed by atoms with Crippen molar-refractivity contribution < 1.29 is 17.6 Å². The van der Waals surface area contributed by atoms with Crippen LogP contribution in [0.5, 0.6) is 0 Å². The van der Waals surface area contributed by atoms with Gasteiger partial charge in [0.25, 0.3) is 0 Å². The topological polar surface area (TPSA) is 69.7 Å². The molecule has 1 aliphatic rings. The molecule has 0 unspecified atom stereocenters. The molecule has 1 atom stereocenters. The number of benzene rings is 2. The van der Waals surface area contributed by atoms with Gasteiger partial charge in [0.05, 0.1) is 16.8 Å². The van der Waals surface area contributed by atoms with E-state index in [1.807, 2.05) is 23.1 Å². The van der Waals surface area contributed by atoms with Crippen molar-refractivity contribution in [3.8, 4) is 0 Å². The van der Waals surface area contributed by atoms with Crippen molar-refractivity contribution in [2.45, 2.75) is 18.7 Å². The van der Waals surface area contributed by atoms with Crippen molar-refractivity contribution in [1.82, 2.24) is 9.21 Å². The summed E-state index contributed by atoms with van der Waals surface area (Å²) in [4.78, 5) is 14.4. The van der Waals surface area contributed by atoms with Gasteiger partial charge in [0.1, 0.15) is 5.82 Å². The molecular weight excluding hydrogens is 417 g/mol. The number of rotatable bonds is 6. The molecular formula is C20H23ClFN3O3S. The molecule has 3 rings (SSSR count). The average molecular weight is 440 g/mol. The summed E-state index contributed by atoms with van der Waals surface area (Å²) in [7, 11) is -3.41. The fourth-order valence-corrected chi connectivity index (χ4v) is 4.93. The number of sulfonamides is 1. The summed E-state index contributed by atoms with van der Waals surface area (Å²) >= 11 is 5.74. The van der Waals surface area contributed by atoms with Crippen LogP contribution in [0.15, 0.2) is 48.5 Å². The van der Waals surface area contributed by atoms with Gasteiger partial charge in [0, 0.05) is 31.9 Å². The monoisotopic (exact) mass is 439 g/mol. The second kappa shape index (κ2) is 9.21. The molecule has 0 radical (unpaired) electrons. The van der Waals surface area contributed by atoms with Crippen LogP contribution in [-0.2, 0) is 20.6 Å². The highest BCUT2D eigenvalue weighted by Gasteiger charge is 2.31. The Morgan fingerprint density at radius 1 is 1.14 bits per heavy atom. The van der Waals surface area contributed by atoms with Crippen LogP contribution in [0.1, 0.15) is 12.5 Å². The standard InChI is InChI=1S/C20H23ClFN3O3S/c1-15(20(26)23-17-7-8-19(22)18(21)13-17)24-9-11-25(12-10-24)29(27,28)14-16-5-3-2-4-6-16/h2-8,13,15H,9-12,14H2,1H3,(H,23,26)/t15-/m0/s1. The molecule has 2 aromatic rings. The maximum atomic E-state index is 13.2. The van der Waals surface area contributed by atoms with Crippen LogP contribution in [0.2, 0.25) is 5.02 Å². The smallest absolute Gasteiger partial charge is 0.241 e. The van der Waals surface area contributed by atoms with E-state index in [4.69, 9.17) is 11.6 Å². The largest absolute Gasteiger partial charge is 0.325 e. The summed E-state index contributed by atoms with van der Waals surface area (Å²) < 4.78 is 40.0. The van der Waals surface area contributed by atoms with E-state index in [-0.39, 0.29) is 16.7 Å². The van der Waals surface area contributed by atoms with Crippen LogP contribution >= 0.6 is 11.6 Å². The number of amides is 1. The minimum atomic E-state index is -3.41. The third kappa shape index (κ3) is 5.54. The molecule has 1 aliphatic heterocycles. The van der Waals surface area contributed by atoms with Gasteiger partial charge in [-0.1, -0.05) is 41.9 Å². The van der Waals surface area contributed by atoms with Gasteiger partial charge in [0.15, 0.2) is 0 Å². The predicted octanol–water partition coefficient (Wildman–Crippen LogP) is 2.95. The van der Waals surface area contributed by atoms with Gasteiger partial charge >= 0.3 is 0 Å². The molecule has 0 aromatic heterocycles. The van der Waals surface area contributed by atoms with E-state index in [0.717, 1.165) is 5.56 Å². The molecule has 1 saturated heterocycles. The zero-order chi connectivity index (χ0) is 21.0. The number of halogens is 2. The van der Waals surface area contributed by atoms with Crippen molar-refractivity contribution in [3.05, 3.63) is 64.9 Å². The lowest BCUT2D eigenvalue weighted by molar-refractivity contribution is -0.121. The van der Waals surface area contributed by atoms with Gasteiger partial charge in [-0.25, -0.2) is 12.8 Å². The number of hydrogen-bond acceptors (Lipinski definition) is 4. The van der Waals surface area contributed by atoms with Crippen LogP contribution in [0.3, 0.4) is 0 Å². The number of carbonyl (C=O) groups is 1. The Morgan fingerprint density at radius 3 is 2.41 bits per heavy atom. The summed E-state index contributed by atoms with van der Waals surface area (Å²) in [6.45, 7) is 3.32. The second-order valence-electron chi connectivity index (χ2n) is 6.97. The van der Waals surface area contributed by atoms with Crippen molar-refractivity contribution >= 4 is 33.2 Å². The minimum Gasteiger partial charge on any atom is -0.325 e. The molecule has 1 heterocycles. The van der Waals surface area contributed by atoms with E-state index in [2.05, 4.69) is 5.32 Å². The summed E-state index contributed by atoms with van der Waals surface area (Å²) in [6, 6.07) is 12.6. The molecule has 0 spiro atoms. The van der Waals surface area contributed by atoms with Crippen molar-refractivity contribution in [3.63, 3.8) is 0 Å². The number of nitrogens with one attached hydrogen (secondary N) is 1. The molecule has 29 heavy (non-hydrogen) atoms. The maximum Gasteiger partial charge on any atom is 0.241 e. The Balaban J connectivity index is 1.55. The van der Waals surface area contributed by atoms with E-state index in [9.17, 15) is 17.6 Å². The highest BCUT2D eigenvalue weighted by atomic mass is 35.5. The molecule has 0 aliphatic carbocycles. The van der Waals surface area contributed by atoms with Gasteiger partial charge in [-0.3, -0.25) is 9.69 Å². The lowest BCUT2D eigenvalue weighted by atomic mass is 10.2. The Hall–Kier alpha value is -2.00. The van der Waals surface area contributed by atoms with Crippen LogP contribution in [-0.4, -0.2) is 55.8 Å². The highest BCUT2D eigenvalue weighted by Crippen LogP contribution is 2.20. The molecule has 0 bridgehead atoms. The van der Waals surface area contributed by atoms with Crippen LogP contribution < -0.4 is 5.32 Å². The highest BCUT2D eigenvalue weighted by molar-refractivity contribution is 7.88. The van der Waals surface area contributed by atoms with Crippen molar-refractivity contribution in [2.75, 3.05) is 31.5 Å². The number of piperazine rings is 1. The van der Waals surface area contributed by atoms with Gasteiger partial charge in [-0.15, -0.1) is 0 Å². The Morgan fingerprint density at radius 2 is 1.79 bits per heavy atom. The van der Waals surface area contributed by atoms with E-state index < -0.39 is 21.9 Å². The van der Waals surface area contributed by atoms with E-state index in [1.54, 1.807) is 19.1 Å². The first-order valence-electron chi connectivity index (χ1n) is 9.28. The zero-order valence-corrected chi connectivity index (χ0v) is 17.6. The summed E-state index contributed by atoms with van der Waals surface area (Å²) in [5.74, 6) is -0.839. The molecule has 0 saturated carbocycles. The molecule has 1 amide bonds. The SMILES string of the molecule is C[C@@H](C(=O)Nc1ccc(F)c(Cl)c1)N1CCN(S(=O)(=O)Cc2ccccc2)CC1. The van der Waals surface area contributed by atoms with E-state index in [1.165, 1.54) is 22.5 Å². The van der Waals surface area contributed by atoms with Gasteiger partial charge < -0.3 is 5.32 Å². The molecule has 1 fully saturated rings. The Bertz CT molecular complexity index is 964. The maximum absolute atomic E-state index is 13.2. The fourth-order valence-electron chi connectivity index (χ4n) is 3.23. The average Bonchev–Trinajstić information content (AvgIpc) is 2.70. The number of anilines is 1. The molecule has 1 N–H and O–H groups in total. The summed E-state index contributed by atoms with van der Waals surface area (Å²) in [5, 5.41) is 2.66. The van der Waals surface area contributed by atoms with Gasteiger partial charge in [-0.05, 0) is 30.7 Å². The first-order chi connectivity index (χ1) is 13.8. The Labute approximate surface area is 175 Å². The van der Waals surface area contributed by atoms with Crippen LogP contribution in [0.4, 0.5) is 10.1 Å². The molecule has 9 heteroatoms. The van der Waals surface area contributed by atoms with Crippen LogP contribution in [0, 0.1) is 5.82 Å². The van der Waals surface area contributed by atoms with Crippen LogP contribution in [0.25, 0.3) is 0 Å². The number of carbonyl (C=O) groups excluding carboxylic acids is 1. The Kier molecular flexibility index (Phi) is 6.89. The number of nitrogens with zero attached hydrogens (tertiary/aromatic N) is 2. The van der Waals surface area contributed by atoms with E-state index >= 15 is 0 Å². The molecule has 156 valence electrons. The summed E-state index contributed by atoms with van der Waals surface area (Å²) in [6.07, 6.45) is 0. The van der Waals surface area contributed by atoms with E-state index in [0.29, 0.717) is 31.9 Å². The summed E-state index contributed by atoms with van der Waals surface area (Å²) in [5.41, 5.74) is 1.16. The zero-order valence-electron chi connectivity index (χ0n) is 16.0. The van der Waals surface area contributed by atoms with Gasteiger partial charge in [0.2, 0.25) is 15.9 Å². The quantitative estimate of drug-likeness (QED) is 0.751. The van der Waals surface area contributed by atoms with Gasteiger partial charge in [-0.2, -0.15) is 4.31 Å². The lowest BCUT2D eigenvalue weighted by Gasteiger charge is -2.36. The first-order valence-corrected chi connectivity index (χ1v) is 11.3. The fraction of sp³-hybridized carbons (Fsp3) is 0.350. The third-order valence-corrected chi connectivity index (χ3v) is 7.11. The minimum absolute atomic E-state index is 0.0325. The van der Waals surface area contributed by atoms with Crippen molar-refractivity contribution in [1.29, 1.82) is 0 Å².